The fourth-order valence-electron chi connectivity index (χ4n) is 3.15. The predicted octanol–water partition coefficient (Wildman–Crippen LogP) is 1.45. The Labute approximate surface area is 115 Å². The van der Waals surface area contributed by atoms with E-state index in [4.69, 9.17) is 4.74 Å². The van der Waals surface area contributed by atoms with Crippen LogP contribution in [-0.4, -0.2) is 49.3 Å². The average molecular weight is 261 g/mol. The second-order valence-corrected chi connectivity index (χ2v) is 5.58. The molecule has 0 spiro atoms. The molecule has 2 aliphatic rings. The topological polar surface area (TPSA) is 37.4 Å². The van der Waals surface area contributed by atoms with Gasteiger partial charge in [-0.15, -0.1) is 0 Å². The first-order valence-corrected chi connectivity index (χ1v) is 7.36. The van der Waals surface area contributed by atoms with Crippen molar-refractivity contribution in [3.8, 4) is 0 Å². The number of hydrogen-bond donors (Lipinski definition) is 1. The fourth-order valence-corrected chi connectivity index (χ4v) is 3.15. The van der Waals surface area contributed by atoms with Gasteiger partial charge in [-0.1, -0.05) is 6.07 Å². The standard InChI is InChI=1S/C15H23N3O/c1-4-14(9-16-5-1)15-10-17-6-7-18(15)11-13-3-2-8-19-12-13/h1,4-5,9,13,15,17H,2-3,6-8,10-12H2. The molecule has 19 heavy (non-hydrogen) atoms. The Bertz CT molecular complexity index is 378. The minimum absolute atomic E-state index is 0.462. The van der Waals surface area contributed by atoms with Crippen molar-refractivity contribution in [2.75, 3.05) is 39.4 Å². The quantitative estimate of drug-likeness (QED) is 0.894. The van der Waals surface area contributed by atoms with Gasteiger partial charge in [0.2, 0.25) is 0 Å². The van der Waals surface area contributed by atoms with Crippen molar-refractivity contribution < 1.29 is 4.74 Å². The average Bonchev–Trinajstić information content (AvgIpc) is 2.50. The molecular weight excluding hydrogens is 238 g/mol. The van der Waals surface area contributed by atoms with E-state index in [2.05, 4.69) is 21.3 Å². The summed E-state index contributed by atoms with van der Waals surface area (Å²) >= 11 is 0. The number of pyridine rings is 1. The first kappa shape index (κ1) is 13.0. The summed E-state index contributed by atoms with van der Waals surface area (Å²) < 4.78 is 5.61. The maximum Gasteiger partial charge on any atom is 0.0506 e. The van der Waals surface area contributed by atoms with Gasteiger partial charge in [0.25, 0.3) is 0 Å². The molecule has 104 valence electrons. The summed E-state index contributed by atoms with van der Waals surface area (Å²) in [4.78, 5) is 6.87. The van der Waals surface area contributed by atoms with Gasteiger partial charge in [0, 0.05) is 51.2 Å². The Morgan fingerprint density at radius 1 is 1.47 bits per heavy atom. The zero-order valence-electron chi connectivity index (χ0n) is 11.4. The van der Waals surface area contributed by atoms with Gasteiger partial charge in [-0.05, 0) is 30.4 Å². The van der Waals surface area contributed by atoms with Crippen LogP contribution >= 0.6 is 0 Å². The molecule has 0 aliphatic carbocycles. The zero-order chi connectivity index (χ0) is 12.9. The first-order valence-electron chi connectivity index (χ1n) is 7.36. The molecule has 0 bridgehead atoms. The summed E-state index contributed by atoms with van der Waals surface area (Å²) in [7, 11) is 0. The molecule has 0 radical (unpaired) electrons. The summed E-state index contributed by atoms with van der Waals surface area (Å²) in [6.07, 6.45) is 6.37. The maximum absolute atomic E-state index is 5.61. The third kappa shape index (κ3) is 3.32. The second kappa shape index (κ2) is 6.46. The van der Waals surface area contributed by atoms with Crippen LogP contribution in [0.3, 0.4) is 0 Å². The molecule has 1 aromatic rings. The molecule has 2 fully saturated rings. The van der Waals surface area contributed by atoms with Crippen LogP contribution in [-0.2, 0) is 4.74 Å². The highest BCUT2D eigenvalue weighted by molar-refractivity contribution is 5.15. The van der Waals surface area contributed by atoms with Gasteiger partial charge in [0.1, 0.15) is 0 Å². The molecule has 0 aromatic carbocycles. The number of aromatic nitrogens is 1. The molecule has 0 amide bonds. The lowest BCUT2D eigenvalue weighted by atomic mass is 9.98. The van der Waals surface area contributed by atoms with Crippen LogP contribution in [0.15, 0.2) is 24.5 Å². The Hall–Kier alpha value is -0.970. The number of ether oxygens (including phenoxy) is 1. The van der Waals surface area contributed by atoms with Crippen LogP contribution in [0.1, 0.15) is 24.4 Å². The lowest BCUT2D eigenvalue weighted by Gasteiger charge is -2.39. The predicted molar refractivity (Wildman–Crippen MR) is 75.0 cm³/mol. The molecule has 2 unspecified atom stereocenters. The summed E-state index contributed by atoms with van der Waals surface area (Å²) in [5.74, 6) is 0.700. The fraction of sp³-hybridized carbons (Fsp3) is 0.667. The molecule has 4 nitrogen and oxygen atoms in total. The summed E-state index contributed by atoms with van der Waals surface area (Å²) in [5.41, 5.74) is 1.33. The van der Waals surface area contributed by atoms with Crippen LogP contribution in [0.25, 0.3) is 0 Å². The van der Waals surface area contributed by atoms with Crippen LogP contribution in [0, 0.1) is 5.92 Å². The summed E-state index contributed by atoms with van der Waals surface area (Å²) in [5, 5.41) is 3.50. The molecule has 4 heteroatoms. The van der Waals surface area contributed by atoms with Crippen LogP contribution in [0.5, 0.6) is 0 Å². The lowest BCUT2D eigenvalue weighted by Crippen LogP contribution is -2.48. The highest BCUT2D eigenvalue weighted by atomic mass is 16.5. The minimum Gasteiger partial charge on any atom is -0.381 e. The third-order valence-corrected chi connectivity index (χ3v) is 4.17. The second-order valence-electron chi connectivity index (χ2n) is 5.58. The van der Waals surface area contributed by atoms with Crippen LogP contribution < -0.4 is 5.32 Å². The molecule has 0 saturated carbocycles. The van der Waals surface area contributed by atoms with E-state index >= 15 is 0 Å². The number of nitrogens with zero attached hydrogens (tertiary/aromatic N) is 2. The molecule has 1 aromatic heterocycles. The highest BCUT2D eigenvalue weighted by Gasteiger charge is 2.27. The molecule has 2 aliphatic heterocycles. The van der Waals surface area contributed by atoms with Crippen molar-refractivity contribution in [1.82, 2.24) is 15.2 Å². The molecule has 3 heterocycles. The Balaban J connectivity index is 1.66. The third-order valence-electron chi connectivity index (χ3n) is 4.17. The van der Waals surface area contributed by atoms with Gasteiger partial charge in [-0.2, -0.15) is 0 Å². The first-order chi connectivity index (χ1) is 9.43. The number of nitrogens with one attached hydrogen (secondary N) is 1. The van der Waals surface area contributed by atoms with Gasteiger partial charge in [-0.3, -0.25) is 9.88 Å². The molecule has 3 rings (SSSR count). The van der Waals surface area contributed by atoms with Crippen molar-refractivity contribution >= 4 is 0 Å². The lowest BCUT2D eigenvalue weighted by molar-refractivity contribution is 0.0265. The van der Waals surface area contributed by atoms with Crippen molar-refractivity contribution in [3.05, 3.63) is 30.1 Å². The normalized spacial score (nSPS) is 29.3. The van der Waals surface area contributed by atoms with E-state index in [-0.39, 0.29) is 0 Å². The largest absolute Gasteiger partial charge is 0.381 e. The Morgan fingerprint density at radius 2 is 2.47 bits per heavy atom. The Morgan fingerprint density at radius 3 is 3.26 bits per heavy atom. The maximum atomic E-state index is 5.61. The van der Waals surface area contributed by atoms with Crippen molar-refractivity contribution in [2.24, 2.45) is 5.92 Å². The monoisotopic (exact) mass is 261 g/mol. The van der Waals surface area contributed by atoms with Gasteiger partial charge in [0.15, 0.2) is 0 Å². The number of hydrogen-bond acceptors (Lipinski definition) is 4. The molecule has 1 N–H and O–H groups in total. The van der Waals surface area contributed by atoms with Crippen LogP contribution in [0.4, 0.5) is 0 Å². The highest BCUT2D eigenvalue weighted by Crippen LogP contribution is 2.24. The smallest absolute Gasteiger partial charge is 0.0506 e. The van der Waals surface area contributed by atoms with E-state index in [0.717, 1.165) is 39.4 Å². The molecule has 2 atom stereocenters. The summed E-state index contributed by atoms with van der Waals surface area (Å²) in [6, 6.07) is 4.69. The van der Waals surface area contributed by atoms with E-state index in [1.165, 1.54) is 18.4 Å². The van der Waals surface area contributed by atoms with E-state index in [9.17, 15) is 0 Å². The zero-order valence-corrected chi connectivity index (χ0v) is 11.4. The van der Waals surface area contributed by atoms with Gasteiger partial charge >= 0.3 is 0 Å². The summed E-state index contributed by atoms with van der Waals surface area (Å²) in [6.45, 7) is 6.27. The van der Waals surface area contributed by atoms with Crippen molar-refractivity contribution in [1.29, 1.82) is 0 Å². The van der Waals surface area contributed by atoms with Gasteiger partial charge in [0.05, 0.1) is 6.61 Å². The van der Waals surface area contributed by atoms with E-state index in [1.54, 1.807) is 0 Å². The van der Waals surface area contributed by atoms with E-state index < -0.39 is 0 Å². The number of piperazine rings is 1. The van der Waals surface area contributed by atoms with Gasteiger partial charge < -0.3 is 10.1 Å². The molecule has 2 saturated heterocycles. The molecular formula is C15H23N3O. The SMILES string of the molecule is c1cncc(C2CNCCN2CC2CCCOC2)c1. The van der Waals surface area contributed by atoms with E-state index in [0.29, 0.717) is 12.0 Å². The minimum atomic E-state index is 0.462. The Kier molecular flexibility index (Phi) is 4.43. The van der Waals surface area contributed by atoms with Gasteiger partial charge in [-0.25, -0.2) is 0 Å². The van der Waals surface area contributed by atoms with Crippen LogP contribution in [0.2, 0.25) is 0 Å². The van der Waals surface area contributed by atoms with Crippen molar-refractivity contribution in [3.63, 3.8) is 0 Å². The van der Waals surface area contributed by atoms with E-state index in [1.807, 2.05) is 18.5 Å². The van der Waals surface area contributed by atoms with Crippen molar-refractivity contribution in [2.45, 2.75) is 18.9 Å². The number of rotatable bonds is 3.